The van der Waals surface area contributed by atoms with Crippen LogP contribution in [0.1, 0.15) is 41.6 Å². The van der Waals surface area contributed by atoms with Gasteiger partial charge in [0.25, 0.3) is 5.91 Å². The van der Waals surface area contributed by atoms with Crippen LogP contribution in [0.3, 0.4) is 0 Å². The summed E-state index contributed by atoms with van der Waals surface area (Å²) in [6.45, 7) is 1.74. The molecule has 3 saturated carbocycles. The number of amides is 1. The molecule has 168 valence electrons. The molecule has 0 radical (unpaired) electrons. The Morgan fingerprint density at radius 1 is 1.24 bits per heavy atom. The molecule has 33 heavy (non-hydrogen) atoms. The Hall–Kier alpha value is -3.19. The summed E-state index contributed by atoms with van der Waals surface area (Å²) in [4.78, 5) is 29.8. The summed E-state index contributed by atoms with van der Waals surface area (Å²) in [6, 6.07) is 9.83. The van der Waals surface area contributed by atoms with Crippen LogP contribution in [0.4, 0.5) is 4.39 Å². The first-order valence-electron chi connectivity index (χ1n) is 10.9. The van der Waals surface area contributed by atoms with Crippen LogP contribution < -0.4 is 10.1 Å². The Balaban J connectivity index is 1.11. The third-order valence-electron chi connectivity index (χ3n) is 7.15. The molecule has 6 nitrogen and oxygen atoms in total. The Bertz CT molecular complexity index is 1310. The van der Waals surface area contributed by atoms with Crippen LogP contribution in [0.15, 0.2) is 48.9 Å². The third kappa shape index (κ3) is 3.17. The fourth-order valence-electron chi connectivity index (χ4n) is 5.46. The molecule has 2 aromatic carbocycles. The lowest BCUT2D eigenvalue weighted by Gasteiger charge is -2.70. The van der Waals surface area contributed by atoms with E-state index in [-0.39, 0.29) is 35.0 Å². The summed E-state index contributed by atoms with van der Waals surface area (Å²) in [7, 11) is 0. The first-order valence-corrected chi connectivity index (χ1v) is 11.3. The van der Waals surface area contributed by atoms with Gasteiger partial charge in [0.2, 0.25) is 0 Å². The van der Waals surface area contributed by atoms with Gasteiger partial charge >= 0.3 is 0 Å². The second-order valence-electron chi connectivity index (χ2n) is 9.53. The van der Waals surface area contributed by atoms with Gasteiger partial charge in [-0.15, -0.1) is 0 Å². The average molecular weight is 466 g/mol. The first-order chi connectivity index (χ1) is 15.8. The summed E-state index contributed by atoms with van der Waals surface area (Å²) >= 11 is 5.96. The summed E-state index contributed by atoms with van der Waals surface area (Å²) in [5, 5.41) is 3.58. The van der Waals surface area contributed by atoms with Crippen LogP contribution in [0.5, 0.6) is 5.75 Å². The van der Waals surface area contributed by atoms with Crippen molar-refractivity contribution >= 4 is 23.3 Å². The highest BCUT2D eigenvalue weighted by Gasteiger charge is 2.70. The number of carbonyl (C=O) groups is 2. The summed E-state index contributed by atoms with van der Waals surface area (Å²) in [5.74, 6) is -0.238. The number of fused-ring (bicyclic) bond motifs is 1. The molecule has 2 heterocycles. The fourth-order valence-corrected chi connectivity index (χ4v) is 5.63. The molecule has 0 spiro atoms. The van der Waals surface area contributed by atoms with E-state index in [4.69, 9.17) is 16.3 Å². The van der Waals surface area contributed by atoms with Gasteiger partial charge in [0.05, 0.1) is 29.5 Å². The van der Waals surface area contributed by atoms with Crippen molar-refractivity contribution in [2.24, 2.45) is 0 Å². The van der Waals surface area contributed by atoms with Gasteiger partial charge in [-0.1, -0.05) is 11.6 Å². The first kappa shape index (κ1) is 20.4. The zero-order valence-electron chi connectivity index (χ0n) is 17.9. The van der Waals surface area contributed by atoms with Gasteiger partial charge < -0.3 is 14.6 Å². The number of rotatable bonds is 4. The van der Waals surface area contributed by atoms with Gasteiger partial charge in [0.15, 0.2) is 11.9 Å². The lowest BCUT2D eigenvalue weighted by molar-refractivity contribution is -0.160. The Morgan fingerprint density at radius 2 is 2.03 bits per heavy atom. The highest BCUT2D eigenvalue weighted by Crippen LogP contribution is 2.65. The number of hydrogen-bond acceptors (Lipinski definition) is 4. The van der Waals surface area contributed by atoms with Gasteiger partial charge in [-0.3, -0.25) is 9.59 Å². The van der Waals surface area contributed by atoms with Crippen molar-refractivity contribution in [3.8, 4) is 17.0 Å². The largest absolute Gasteiger partial charge is 0.479 e. The molecule has 1 aliphatic heterocycles. The zero-order chi connectivity index (χ0) is 23.0. The normalized spacial score (nSPS) is 27.1. The van der Waals surface area contributed by atoms with E-state index in [0.29, 0.717) is 21.9 Å². The summed E-state index contributed by atoms with van der Waals surface area (Å²) < 4.78 is 21.5. The molecule has 4 aliphatic rings. The number of benzene rings is 2. The predicted octanol–water partition coefficient (Wildman–Crippen LogP) is 4.43. The fraction of sp³-hybridized carbons (Fsp3) is 0.320. The van der Waals surface area contributed by atoms with E-state index < -0.39 is 6.10 Å². The van der Waals surface area contributed by atoms with Crippen LogP contribution in [0.2, 0.25) is 5.02 Å². The number of ether oxygens (including phenoxy) is 1. The number of aryl methyl sites for hydroxylation is 1. The number of halogens is 2. The number of aromatic nitrogens is 2. The summed E-state index contributed by atoms with van der Waals surface area (Å²) in [5.41, 5.74) is 2.37. The molecular formula is C25H21ClFN3O3. The maximum Gasteiger partial charge on any atom is 0.261 e. The maximum absolute atomic E-state index is 13.6. The quantitative estimate of drug-likeness (QED) is 0.618. The standard InChI is InChI=1S/C25H21ClFN3O3/c1-14-6-15(2-4-18(14)27)19-9-30(13-28-19)25-10-24(11-25,12-25)29-23(32)22-8-20(31)17-7-16(26)3-5-21(17)33-22/h2-7,9,13,22H,8,10-12H2,1H3,(H,29,32)/t22-,24?,25?/m1/s1. The minimum Gasteiger partial charge on any atom is -0.479 e. The molecule has 8 heteroatoms. The third-order valence-corrected chi connectivity index (χ3v) is 7.38. The van der Waals surface area contributed by atoms with E-state index in [1.165, 1.54) is 6.07 Å². The second-order valence-corrected chi connectivity index (χ2v) is 9.97. The van der Waals surface area contributed by atoms with E-state index in [1.807, 2.05) is 12.5 Å². The molecule has 3 fully saturated rings. The molecule has 0 unspecified atom stereocenters. The van der Waals surface area contributed by atoms with Gasteiger partial charge in [0.1, 0.15) is 11.6 Å². The molecule has 2 bridgehead atoms. The number of carbonyl (C=O) groups excluding carboxylic acids is 2. The van der Waals surface area contributed by atoms with Gasteiger partial charge in [-0.25, -0.2) is 9.37 Å². The Morgan fingerprint density at radius 3 is 2.79 bits per heavy atom. The van der Waals surface area contributed by atoms with E-state index >= 15 is 0 Å². The molecule has 7 rings (SSSR count). The summed E-state index contributed by atoms with van der Waals surface area (Å²) in [6.07, 6.45) is 5.37. The van der Waals surface area contributed by atoms with E-state index in [9.17, 15) is 14.0 Å². The van der Waals surface area contributed by atoms with E-state index in [2.05, 4.69) is 14.9 Å². The van der Waals surface area contributed by atoms with Crippen molar-refractivity contribution in [3.05, 3.63) is 70.9 Å². The minimum atomic E-state index is -0.835. The van der Waals surface area contributed by atoms with Crippen molar-refractivity contribution in [2.75, 3.05) is 0 Å². The molecule has 1 atom stereocenters. The van der Waals surface area contributed by atoms with Crippen molar-refractivity contribution in [1.82, 2.24) is 14.9 Å². The minimum absolute atomic E-state index is 0.00235. The Kier molecular flexibility index (Phi) is 4.27. The average Bonchev–Trinajstić information content (AvgIpc) is 3.21. The molecule has 3 aromatic rings. The van der Waals surface area contributed by atoms with E-state index in [0.717, 1.165) is 30.5 Å². The zero-order valence-corrected chi connectivity index (χ0v) is 18.7. The van der Waals surface area contributed by atoms with Crippen molar-refractivity contribution < 1.29 is 18.7 Å². The van der Waals surface area contributed by atoms with Crippen molar-refractivity contribution in [1.29, 1.82) is 0 Å². The van der Waals surface area contributed by atoms with Crippen LogP contribution in [0, 0.1) is 12.7 Å². The molecule has 1 aromatic heterocycles. The maximum atomic E-state index is 13.6. The van der Waals surface area contributed by atoms with Gasteiger partial charge in [-0.2, -0.15) is 0 Å². The van der Waals surface area contributed by atoms with Crippen LogP contribution in [-0.4, -0.2) is 32.9 Å². The number of hydrogen-bond donors (Lipinski definition) is 1. The molecular weight excluding hydrogens is 445 g/mol. The van der Waals surface area contributed by atoms with Crippen LogP contribution in [0.25, 0.3) is 11.3 Å². The molecule has 1 amide bonds. The second kappa shape index (κ2) is 6.90. The predicted molar refractivity (Wildman–Crippen MR) is 120 cm³/mol. The smallest absolute Gasteiger partial charge is 0.261 e. The lowest BCUT2D eigenvalue weighted by atomic mass is 9.44. The molecule has 1 N–H and O–H groups in total. The highest BCUT2D eigenvalue weighted by atomic mass is 35.5. The van der Waals surface area contributed by atoms with Gasteiger partial charge in [-0.05, 0) is 68.1 Å². The van der Waals surface area contributed by atoms with E-state index in [1.54, 1.807) is 37.3 Å². The van der Waals surface area contributed by atoms with Gasteiger partial charge in [0, 0.05) is 22.3 Å². The Labute approximate surface area is 194 Å². The number of ketones is 1. The number of imidazole rings is 1. The van der Waals surface area contributed by atoms with Crippen molar-refractivity contribution in [3.63, 3.8) is 0 Å². The van der Waals surface area contributed by atoms with Crippen LogP contribution in [-0.2, 0) is 10.3 Å². The van der Waals surface area contributed by atoms with Crippen LogP contribution >= 0.6 is 11.6 Å². The topological polar surface area (TPSA) is 73.2 Å². The number of nitrogens with one attached hydrogen (secondary N) is 1. The highest BCUT2D eigenvalue weighted by molar-refractivity contribution is 6.31. The monoisotopic (exact) mass is 465 g/mol. The molecule has 0 saturated heterocycles. The van der Waals surface area contributed by atoms with Crippen molar-refractivity contribution in [2.45, 2.75) is 49.8 Å². The number of nitrogens with zero attached hydrogens (tertiary/aromatic N) is 2. The number of Topliss-reactive ketones (excluding diaryl/α,β-unsaturated/α-hetero) is 1. The molecule has 3 aliphatic carbocycles. The SMILES string of the molecule is Cc1cc(-c2cn(C34CC(NC(=O)[C@H]5CC(=O)c6cc(Cl)ccc6O5)(C3)C4)cn2)ccc1F. The lowest BCUT2D eigenvalue weighted by Crippen LogP contribution is -2.79.